The summed E-state index contributed by atoms with van der Waals surface area (Å²) in [4.78, 5) is 17.1. The Labute approximate surface area is 156 Å². The minimum atomic E-state index is -0.180. The van der Waals surface area contributed by atoms with E-state index in [1.165, 1.54) is 0 Å². The minimum absolute atomic E-state index is 0.00317. The Balaban J connectivity index is 2.81. The van der Waals surface area contributed by atoms with Gasteiger partial charge in [-0.15, -0.1) is 0 Å². The average molecular weight is 361 g/mol. The highest BCUT2D eigenvalue weighted by Crippen LogP contribution is 2.52. The quantitative estimate of drug-likeness (QED) is 0.757. The summed E-state index contributed by atoms with van der Waals surface area (Å²) in [7, 11) is 1.63. The highest BCUT2D eigenvalue weighted by molar-refractivity contribution is 6.35. The fraction of sp³-hybridized carbons (Fsp3) is 0.524. The number of halogens is 1. The normalized spacial score (nSPS) is 13.2. The third kappa shape index (κ3) is 3.15. The van der Waals surface area contributed by atoms with Crippen molar-refractivity contribution >= 4 is 28.4 Å². The lowest BCUT2D eigenvalue weighted by molar-refractivity contribution is 0.0656. The van der Waals surface area contributed by atoms with E-state index in [2.05, 4.69) is 53.8 Å². The molecule has 2 rings (SSSR count). The summed E-state index contributed by atoms with van der Waals surface area (Å²) in [6, 6.07) is 7.51. The first-order valence-electron chi connectivity index (χ1n) is 8.66. The number of carbonyl (C=O) groups is 1. The number of hydrogen-bond donors (Lipinski definition) is 1. The molecule has 0 saturated carbocycles. The Bertz CT molecular complexity index is 799. The maximum Gasteiger partial charge on any atom is 0.251 e. The number of nitrogens with one attached hydrogen (secondary N) is 1. The number of carbonyl (C=O) groups excluding carboxylic acids is 1. The maximum atomic E-state index is 12.2. The molecule has 0 unspecified atom stereocenters. The van der Waals surface area contributed by atoms with Crippen molar-refractivity contribution in [3.8, 4) is 0 Å². The standard InChI is InChI=1S/C21H29ClN2O/c1-19(2,3)21(7,20(4,5)6)16-12-10-13-14(18(25)23-8)9-11-15(22)17(13)24-16/h9-12H,1-8H3,(H,23,25). The topological polar surface area (TPSA) is 42.0 Å². The lowest BCUT2D eigenvalue weighted by Gasteiger charge is -2.51. The molecule has 3 nitrogen and oxygen atoms in total. The second-order valence-corrected chi connectivity index (χ2v) is 9.30. The van der Waals surface area contributed by atoms with Gasteiger partial charge in [0.1, 0.15) is 0 Å². The average Bonchev–Trinajstić information content (AvgIpc) is 2.51. The largest absolute Gasteiger partial charge is 0.355 e. The molecule has 0 aliphatic carbocycles. The first-order valence-corrected chi connectivity index (χ1v) is 9.04. The Morgan fingerprint density at radius 1 is 0.960 bits per heavy atom. The minimum Gasteiger partial charge on any atom is -0.355 e. The van der Waals surface area contributed by atoms with E-state index in [1.54, 1.807) is 19.2 Å². The zero-order chi connectivity index (χ0) is 19.2. The predicted octanol–water partition coefficient (Wildman–Crippen LogP) is 5.60. The Morgan fingerprint density at radius 3 is 2.00 bits per heavy atom. The zero-order valence-corrected chi connectivity index (χ0v) is 17.3. The lowest BCUT2D eigenvalue weighted by Crippen LogP contribution is -2.48. The molecule has 1 N–H and O–H groups in total. The van der Waals surface area contributed by atoms with Gasteiger partial charge in [0.2, 0.25) is 0 Å². The van der Waals surface area contributed by atoms with Gasteiger partial charge in [0.25, 0.3) is 5.91 Å². The van der Waals surface area contributed by atoms with Crippen molar-refractivity contribution in [2.45, 2.75) is 53.9 Å². The molecule has 0 aliphatic rings. The molecule has 0 fully saturated rings. The molecule has 0 aliphatic heterocycles. The third-order valence-corrected chi connectivity index (χ3v) is 6.10. The van der Waals surface area contributed by atoms with Crippen LogP contribution in [0.15, 0.2) is 24.3 Å². The van der Waals surface area contributed by atoms with E-state index in [0.717, 1.165) is 11.1 Å². The highest BCUT2D eigenvalue weighted by atomic mass is 35.5. The van der Waals surface area contributed by atoms with Crippen molar-refractivity contribution in [1.29, 1.82) is 0 Å². The van der Waals surface area contributed by atoms with Gasteiger partial charge < -0.3 is 5.32 Å². The van der Waals surface area contributed by atoms with Gasteiger partial charge in [0.05, 0.1) is 10.5 Å². The van der Waals surface area contributed by atoms with Crippen LogP contribution in [0.25, 0.3) is 10.9 Å². The van der Waals surface area contributed by atoms with Crippen molar-refractivity contribution in [1.82, 2.24) is 10.3 Å². The van der Waals surface area contributed by atoms with Crippen molar-refractivity contribution in [3.05, 3.63) is 40.5 Å². The summed E-state index contributed by atoms with van der Waals surface area (Å²) in [5.41, 5.74) is 2.08. The van der Waals surface area contributed by atoms with Crippen LogP contribution in [-0.4, -0.2) is 17.9 Å². The van der Waals surface area contributed by atoms with Gasteiger partial charge in [-0.3, -0.25) is 9.78 Å². The van der Waals surface area contributed by atoms with E-state index in [0.29, 0.717) is 16.1 Å². The predicted molar refractivity (Wildman–Crippen MR) is 106 cm³/mol. The zero-order valence-electron chi connectivity index (χ0n) is 16.5. The summed E-state index contributed by atoms with van der Waals surface area (Å²) in [5.74, 6) is -0.134. The van der Waals surface area contributed by atoms with E-state index in [1.807, 2.05) is 12.1 Å². The van der Waals surface area contributed by atoms with Gasteiger partial charge in [0.15, 0.2) is 0 Å². The molecule has 1 amide bonds. The van der Waals surface area contributed by atoms with E-state index in [9.17, 15) is 4.79 Å². The number of rotatable bonds is 2. The molecule has 2 aromatic rings. The first-order chi connectivity index (χ1) is 11.3. The number of pyridine rings is 1. The van der Waals surface area contributed by atoms with Crippen LogP contribution in [0.5, 0.6) is 0 Å². The van der Waals surface area contributed by atoms with Gasteiger partial charge >= 0.3 is 0 Å². The molecule has 4 heteroatoms. The number of nitrogens with zero attached hydrogens (tertiary/aromatic N) is 1. The molecule has 1 aromatic heterocycles. The molecule has 1 aromatic carbocycles. The second-order valence-electron chi connectivity index (χ2n) is 8.89. The van der Waals surface area contributed by atoms with Crippen molar-refractivity contribution in [2.75, 3.05) is 7.05 Å². The lowest BCUT2D eigenvalue weighted by atomic mass is 9.53. The molecular weight excluding hydrogens is 332 g/mol. The molecule has 0 radical (unpaired) electrons. The number of amides is 1. The highest BCUT2D eigenvalue weighted by Gasteiger charge is 2.49. The van der Waals surface area contributed by atoms with Crippen LogP contribution in [0.1, 0.15) is 64.5 Å². The van der Waals surface area contributed by atoms with E-state index >= 15 is 0 Å². The second kappa shape index (κ2) is 6.28. The van der Waals surface area contributed by atoms with E-state index < -0.39 is 0 Å². The molecule has 0 atom stereocenters. The van der Waals surface area contributed by atoms with Gasteiger partial charge in [-0.1, -0.05) is 66.1 Å². The van der Waals surface area contributed by atoms with Crippen molar-refractivity contribution in [3.63, 3.8) is 0 Å². The van der Waals surface area contributed by atoms with Gasteiger partial charge in [-0.2, -0.15) is 0 Å². The van der Waals surface area contributed by atoms with Crippen LogP contribution in [0.4, 0.5) is 0 Å². The fourth-order valence-electron chi connectivity index (χ4n) is 3.69. The van der Waals surface area contributed by atoms with Crippen LogP contribution in [-0.2, 0) is 5.41 Å². The summed E-state index contributed by atoms with van der Waals surface area (Å²) < 4.78 is 0. The Kier molecular flexibility index (Phi) is 4.95. The van der Waals surface area contributed by atoms with Crippen LogP contribution >= 0.6 is 11.6 Å². The monoisotopic (exact) mass is 360 g/mol. The number of hydrogen-bond acceptors (Lipinski definition) is 2. The number of benzene rings is 1. The van der Waals surface area contributed by atoms with Gasteiger partial charge in [-0.25, -0.2) is 0 Å². The molecule has 1 heterocycles. The van der Waals surface area contributed by atoms with Crippen LogP contribution in [0, 0.1) is 10.8 Å². The first kappa shape index (κ1) is 19.7. The molecule has 0 spiro atoms. The fourth-order valence-corrected chi connectivity index (χ4v) is 3.90. The van der Waals surface area contributed by atoms with Crippen LogP contribution in [0.2, 0.25) is 5.02 Å². The maximum absolute atomic E-state index is 12.2. The third-order valence-electron chi connectivity index (χ3n) is 5.79. The number of aromatic nitrogens is 1. The molecule has 0 bridgehead atoms. The summed E-state index contributed by atoms with van der Waals surface area (Å²) >= 11 is 6.43. The Hall–Kier alpha value is -1.61. The summed E-state index contributed by atoms with van der Waals surface area (Å²) in [6.07, 6.45) is 0. The smallest absolute Gasteiger partial charge is 0.251 e. The van der Waals surface area contributed by atoms with E-state index in [4.69, 9.17) is 16.6 Å². The molecule has 25 heavy (non-hydrogen) atoms. The SMILES string of the molecule is CNC(=O)c1ccc(Cl)c2nc(C(C)(C(C)(C)C)C(C)(C)C)ccc12. The molecule has 136 valence electrons. The summed E-state index contributed by atoms with van der Waals surface area (Å²) in [6.45, 7) is 15.7. The Morgan fingerprint density at radius 2 is 1.52 bits per heavy atom. The number of fused-ring (bicyclic) bond motifs is 1. The summed E-state index contributed by atoms with van der Waals surface area (Å²) in [5, 5.41) is 4.02. The van der Waals surface area contributed by atoms with Crippen molar-refractivity contribution in [2.24, 2.45) is 10.8 Å². The molecule has 0 saturated heterocycles. The van der Waals surface area contributed by atoms with E-state index in [-0.39, 0.29) is 22.2 Å². The van der Waals surface area contributed by atoms with Gasteiger partial charge in [0, 0.05) is 29.1 Å². The van der Waals surface area contributed by atoms with Crippen LogP contribution < -0.4 is 5.32 Å². The van der Waals surface area contributed by atoms with Crippen LogP contribution in [0.3, 0.4) is 0 Å². The molecular formula is C21H29ClN2O. The van der Waals surface area contributed by atoms with Gasteiger partial charge in [-0.05, 0) is 29.0 Å². The van der Waals surface area contributed by atoms with Crippen molar-refractivity contribution < 1.29 is 4.79 Å².